The summed E-state index contributed by atoms with van der Waals surface area (Å²) >= 11 is 0. The van der Waals surface area contributed by atoms with Crippen molar-refractivity contribution in [3.05, 3.63) is 35.4 Å². The number of guanidine groups is 1. The molecule has 1 aliphatic carbocycles. The number of halogens is 1. The highest BCUT2D eigenvalue weighted by atomic mass is 127. The molecule has 116 valence electrons. The molecular formula is C17H26IN3. The maximum Gasteiger partial charge on any atom is 0.191 e. The average Bonchev–Trinajstić information content (AvgIpc) is 2.96. The Bertz CT molecular complexity index is 493. The Balaban J connectivity index is 0.00000161. The molecule has 0 amide bonds. The molecule has 0 unspecified atom stereocenters. The summed E-state index contributed by atoms with van der Waals surface area (Å²) in [4.78, 5) is 4.53. The van der Waals surface area contributed by atoms with E-state index >= 15 is 0 Å². The van der Waals surface area contributed by atoms with E-state index in [2.05, 4.69) is 46.8 Å². The molecule has 1 aliphatic heterocycles. The van der Waals surface area contributed by atoms with Crippen molar-refractivity contribution in [1.82, 2.24) is 10.6 Å². The summed E-state index contributed by atoms with van der Waals surface area (Å²) in [6.07, 6.45) is 6.41. The number of rotatable bonds is 3. The molecule has 0 atom stereocenters. The second-order valence-electron chi connectivity index (χ2n) is 6.22. The summed E-state index contributed by atoms with van der Waals surface area (Å²) in [6.45, 7) is 5.19. The number of aryl methyl sites for hydroxylation is 1. The summed E-state index contributed by atoms with van der Waals surface area (Å²) in [6, 6.07) is 9.05. The standard InChI is InChI=1S/C17H25N3.HI/c1-14-6-4-7-15(12-14)17(8-2-3-9-17)13-20-16-18-10-5-11-19-16;/h4,6-7,12H,2-3,5,8-11,13H2,1H3,(H2,18,19,20);1H. The number of hydrogen-bond donors (Lipinski definition) is 2. The zero-order valence-corrected chi connectivity index (χ0v) is 15.2. The van der Waals surface area contributed by atoms with Crippen LogP contribution in [0.2, 0.25) is 0 Å². The van der Waals surface area contributed by atoms with E-state index in [1.165, 1.54) is 36.8 Å². The minimum atomic E-state index is 0. The molecule has 1 aromatic rings. The number of nitrogens with zero attached hydrogens (tertiary/aromatic N) is 1. The number of benzene rings is 1. The number of aliphatic imine (C=N–C) groups is 1. The molecule has 1 saturated carbocycles. The minimum absolute atomic E-state index is 0. The van der Waals surface area contributed by atoms with E-state index in [1.54, 1.807) is 0 Å². The first-order chi connectivity index (χ1) is 9.78. The molecule has 1 fully saturated rings. The van der Waals surface area contributed by atoms with Crippen LogP contribution in [-0.2, 0) is 5.41 Å². The van der Waals surface area contributed by atoms with Gasteiger partial charge >= 0.3 is 0 Å². The van der Waals surface area contributed by atoms with Crippen molar-refractivity contribution in [3.8, 4) is 0 Å². The van der Waals surface area contributed by atoms with Crippen LogP contribution < -0.4 is 10.6 Å². The third-order valence-electron chi connectivity index (χ3n) is 4.68. The first-order valence-corrected chi connectivity index (χ1v) is 7.88. The molecule has 21 heavy (non-hydrogen) atoms. The second kappa shape index (κ2) is 7.47. The highest BCUT2D eigenvalue weighted by Gasteiger charge is 2.35. The molecular weight excluding hydrogens is 373 g/mol. The lowest BCUT2D eigenvalue weighted by Crippen LogP contribution is -2.46. The highest BCUT2D eigenvalue weighted by molar-refractivity contribution is 14.0. The van der Waals surface area contributed by atoms with E-state index < -0.39 is 0 Å². The number of nitrogens with one attached hydrogen (secondary N) is 2. The van der Waals surface area contributed by atoms with Crippen molar-refractivity contribution >= 4 is 29.9 Å². The third kappa shape index (κ3) is 3.90. The molecule has 3 nitrogen and oxygen atoms in total. The summed E-state index contributed by atoms with van der Waals surface area (Å²) in [5.41, 5.74) is 3.16. The highest BCUT2D eigenvalue weighted by Crippen LogP contribution is 2.40. The minimum Gasteiger partial charge on any atom is -0.356 e. The predicted molar refractivity (Wildman–Crippen MR) is 99.7 cm³/mol. The van der Waals surface area contributed by atoms with Crippen LogP contribution in [0.1, 0.15) is 43.2 Å². The Morgan fingerprint density at radius 3 is 2.71 bits per heavy atom. The summed E-state index contributed by atoms with van der Waals surface area (Å²) < 4.78 is 0. The molecule has 0 saturated heterocycles. The fourth-order valence-corrected chi connectivity index (χ4v) is 3.50. The van der Waals surface area contributed by atoms with E-state index in [0.717, 1.165) is 32.0 Å². The van der Waals surface area contributed by atoms with Crippen LogP contribution in [0, 0.1) is 6.92 Å². The summed E-state index contributed by atoms with van der Waals surface area (Å²) in [7, 11) is 0. The third-order valence-corrected chi connectivity index (χ3v) is 4.68. The van der Waals surface area contributed by atoms with E-state index in [4.69, 9.17) is 0 Å². The maximum absolute atomic E-state index is 4.53. The monoisotopic (exact) mass is 399 g/mol. The average molecular weight is 399 g/mol. The van der Waals surface area contributed by atoms with Crippen molar-refractivity contribution in [3.63, 3.8) is 0 Å². The molecule has 2 aliphatic rings. The van der Waals surface area contributed by atoms with E-state index in [0.29, 0.717) is 5.41 Å². The van der Waals surface area contributed by atoms with Gasteiger partial charge in [0.05, 0.1) is 0 Å². The molecule has 0 bridgehead atoms. The molecule has 1 aromatic carbocycles. The van der Waals surface area contributed by atoms with Crippen LogP contribution in [0.4, 0.5) is 0 Å². The predicted octanol–water partition coefficient (Wildman–Crippen LogP) is 3.36. The fraction of sp³-hybridized carbons (Fsp3) is 0.588. The van der Waals surface area contributed by atoms with Crippen molar-refractivity contribution in [2.24, 2.45) is 4.99 Å². The fourth-order valence-electron chi connectivity index (χ4n) is 3.50. The van der Waals surface area contributed by atoms with Gasteiger partial charge in [-0.2, -0.15) is 0 Å². The number of hydrogen-bond acceptors (Lipinski definition) is 3. The Hall–Kier alpha value is -0.780. The Labute approximate surface area is 145 Å². The van der Waals surface area contributed by atoms with Crippen LogP contribution in [-0.4, -0.2) is 25.6 Å². The van der Waals surface area contributed by atoms with Crippen molar-refractivity contribution in [2.75, 3.05) is 19.6 Å². The van der Waals surface area contributed by atoms with Gasteiger partial charge in [0.2, 0.25) is 0 Å². The van der Waals surface area contributed by atoms with Gasteiger partial charge in [0.1, 0.15) is 0 Å². The van der Waals surface area contributed by atoms with Gasteiger partial charge in [0.15, 0.2) is 5.96 Å². The zero-order chi connectivity index (χ0) is 13.8. The van der Waals surface area contributed by atoms with Crippen molar-refractivity contribution < 1.29 is 0 Å². The van der Waals surface area contributed by atoms with Crippen LogP contribution in [0.5, 0.6) is 0 Å². The lowest BCUT2D eigenvalue weighted by Gasteiger charge is -2.31. The van der Waals surface area contributed by atoms with Gasteiger partial charge < -0.3 is 10.6 Å². The molecule has 2 N–H and O–H groups in total. The van der Waals surface area contributed by atoms with Gasteiger partial charge in [-0.15, -0.1) is 24.0 Å². The van der Waals surface area contributed by atoms with Gasteiger partial charge in [-0.05, 0) is 31.7 Å². The first kappa shape index (κ1) is 16.6. The first-order valence-electron chi connectivity index (χ1n) is 7.88. The Morgan fingerprint density at radius 2 is 2.05 bits per heavy atom. The van der Waals surface area contributed by atoms with Gasteiger partial charge in [0.25, 0.3) is 0 Å². The smallest absolute Gasteiger partial charge is 0.191 e. The van der Waals surface area contributed by atoms with Crippen LogP contribution in [0.15, 0.2) is 29.3 Å². The van der Waals surface area contributed by atoms with Crippen LogP contribution >= 0.6 is 24.0 Å². The molecule has 4 heteroatoms. The molecule has 1 heterocycles. The Kier molecular flexibility index (Phi) is 5.90. The van der Waals surface area contributed by atoms with Crippen molar-refractivity contribution in [2.45, 2.75) is 44.4 Å². The molecule has 0 radical (unpaired) electrons. The topological polar surface area (TPSA) is 36.4 Å². The molecule has 0 aromatic heterocycles. The molecule has 3 rings (SSSR count). The van der Waals surface area contributed by atoms with Crippen molar-refractivity contribution in [1.29, 1.82) is 0 Å². The largest absolute Gasteiger partial charge is 0.356 e. The van der Waals surface area contributed by atoms with Gasteiger partial charge in [-0.3, -0.25) is 4.99 Å². The van der Waals surface area contributed by atoms with Crippen LogP contribution in [0.25, 0.3) is 0 Å². The zero-order valence-electron chi connectivity index (χ0n) is 12.8. The normalized spacial score (nSPS) is 20.1. The van der Waals surface area contributed by atoms with Crippen LogP contribution in [0.3, 0.4) is 0 Å². The van der Waals surface area contributed by atoms with E-state index in [-0.39, 0.29) is 24.0 Å². The lowest BCUT2D eigenvalue weighted by atomic mass is 9.78. The summed E-state index contributed by atoms with van der Waals surface area (Å²) in [5, 5.41) is 6.92. The molecule has 0 spiro atoms. The maximum atomic E-state index is 4.53. The van der Waals surface area contributed by atoms with Gasteiger partial charge in [-0.1, -0.05) is 42.7 Å². The SMILES string of the molecule is Cc1cccc(C2(CNC3=NCCCN3)CCCC2)c1.I. The quantitative estimate of drug-likeness (QED) is 0.765. The Morgan fingerprint density at radius 1 is 1.24 bits per heavy atom. The van der Waals surface area contributed by atoms with Gasteiger partial charge in [-0.25, -0.2) is 0 Å². The van der Waals surface area contributed by atoms with Gasteiger partial charge in [0, 0.05) is 25.0 Å². The lowest BCUT2D eigenvalue weighted by molar-refractivity contribution is 0.430. The summed E-state index contributed by atoms with van der Waals surface area (Å²) in [5.74, 6) is 0.996. The van der Waals surface area contributed by atoms with E-state index in [9.17, 15) is 0 Å². The second-order valence-corrected chi connectivity index (χ2v) is 6.22. The van der Waals surface area contributed by atoms with E-state index in [1.807, 2.05) is 0 Å².